The third-order valence-corrected chi connectivity index (χ3v) is 7.14. The number of amides is 2. The van der Waals surface area contributed by atoms with E-state index in [1.54, 1.807) is 6.07 Å². The molecule has 0 atom stereocenters. The molecule has 2 aliphatic rings. The van der Waals surface area contributed by atoms with Crippen LogP contribution < -0.4 is 10.6 Å². The first-order valence-electron chi connectivity index (χ1n) is 12.3. The highest BCUT2D eigenvalue weighted by Crippen LogP contribution is 2.39. The summed E-state index contributed by atoms with van der Waals surface area (Å²) in [4.78, 5) is 42.0. The number of ketones is 1. The molecule has 0 unspecified atom stereocenters. The Labute approximate surface area is 216 Å². The summed E-state index contributed by atoms with van der Waals surface area (Å²) < 4.78 is 51.0. The van der Waals surface area contributed by atoms with Crippen molar-refractivity contribution in [3.63, 3.8) is 0 Å². The number of carbonyl (C=O) groups excluding carboxylic acids is 3. The van der Waals surface area contributed by atoms with Crippen LogP contribution in [0.5, 0.6) is 0 Å². The Bertz CT molecular complexity index is 1170. The number of hydrogen-bond acceptors (Lipinski definition) is 6. The zero-order valence-corrected chi connectivity index (χ0v) is 20.4. The third-order valence-electron chi connectivity index (χ3n) is 7.14. The van der Waals surface area contributed by atoms with Crippen molar-refractivity contribution in [1.82, 2.24) is 20.5 Å². The van der Waals surface area contributed by atoms with Gasteiger partial charge in [0.25, 0.3) is 5.91 Å². The lowest BCUT2D eigenvalue weighted by atomic mass is 9.77. The monoisotopic (exact) mass is 536 g/mol. The first-order valence-corrected chi connectivity index (χ1v) is 12.3. The first-order chi connectivity index (χ1) is 18.0. The second-order valence-electron chi connectivity index (χ2n) is 9.73. The highest BCUT2D eigenvalue weighted by molar-refractivity contribution is 5.96. The van der Waals surface area contributed by atoms with E-state index in [9.17, 15) is 37.1 Å². The van der Waals surface area contributed by atoms with Crippen LogP contribution in [0.4, 0.5) is 17.6 Å². The quantitative estimate of drug-likeness (QED) is 0.353. The van der Waals surface area contributed by atoms with Crippen LogP contribution in [-0.4, -0.2) is 71.0 Å². The van der Waals surface area contributed by atoms with Gasteiger partial charge in [0.2, 0.25) is 11.7 Å². The molecular formula is C26H28F4N4O4. The maximum absolute atomic E-state index is 12.8. The van der Waals surface area contributed by atoms with Crippen molar-refractivity contribution < 1.29 is 37.1 Å². The summed E-state index contributed by atoms with van der Waals surface area (Å²) in [5.74, 6) is -1.91. The number of nitrogens with zero attached hydrogens (tertiary/aromatic N) is 2. The standard InChI is InChI=1S/C26H28F4N4O4/c27-11-22(35)21-5-4-18(12-31-21)25(38)8-6-20(7-9-25)34-14-19(15-34)33-23(36)13-32-24(37)16-2-1-3-17(10-16)26(28,29)30/h1-5,10,12,19-20,38H,6-9,11,13-15H2,(H,32,37)(H,33,36)/t20-,25-. The normalized spacial score (nSPS) is 22.4. The van der Waals surface area contributed by atoms with Gasteiger partial charge in [0, 0.05) is 36.5 Å². The van der Waals surface area contributed by atoms with Crippen LogP contribution >= 0.6 is 0 Å². The van der Waals surface area contributed by atoms with Gasteiger partial charge in [-0.25, -0.2) is 4.39 Å². The topological polar surface area (TPSA) is 112 Å². The van der Waals surface area contributed by atoms with Gasteiger partial charge in [-0.05, 0) is 49.9 Å². The average molecular weight is 537 g/mol. The van der Waals surface area contributed by atoms with Gasteiger partial charge in [0.15, 0.2) is 6.67 Å². The largest absolute Gasteiger partial charge is 0.416 e. The zero-order valence-electron chi connectivity index (χ0n) is 20.4. The van der Waals surface area contributed by atoms with Crippen LogP contribution in [0.25, 0.3) is 0 Å². The van der Waals surface area contributed by atoms with Gasteiger partial charge in [-0.3, -0.25) is 24.3 Å². The van der Waals surface area contributed by atoms with Gasteiger partial charge >= 0.3 is 6.18 Å². The molecule has 4 rings (SSSR count). The van der Waals surface area contributed by atoms with Gasteiger partial charge in [-0.2, -0.15) is 13.2 Å². The maximum atomic E-state index is 12.8. The van der Waals surface area contributed by atoms with Gasteiger partial charge in [0.05, 0.1) is 23.8 Å². The Balaban J connectivity index is 1.18. The molecule has 2 aromatic rings. The lowest BCUT2D eigenvalue weighted by Crippen LogP contribution is -2.63. The van der Waals surface area contributed by atoms with Crippen molar-refractivity contribution in [3.05, 3.63) is 65.0 Å². The molecule has 0 spiro atoms. The van der Waals surface area contributed by atoms with Crippen LogP contribution in [0.1, 0.15) is 57.7 Å². The van der Waals surface area contributed by atoms with Gasteiger partial charge in [-0.1, -0.05) is 12.1 Å². The molecule has 1 saturated heterocycles. The van der Waals surface area contributed by atoms with E-state index in [1.807, 2.05) is 0 Å². The molecule has 1 saturated carbocycles. The average Bonchev–Trinajstić information content (AvgIpc) is 2.89. The van der Waals surface area contributed by atoms with Gasteiger partial charge < -0.3 is 15.7 Å². The number of aromatic nitrogens is 1. The molecule has 0 radical (unpaired) electrons. The van der Waals surface area contributed by atoms with Crippen LogP contribution in [0.15, 0.2) is 42.6 Å². The van der Waals surface area contributed by atoms with E-state index in [2.05, 4.69) is 20.5 Å². The Morgan fingerprint density at radius 2 is 1.82 bits per heavy atom. The molecule has 38 heavy (non-hydrogen) atoms. The number of likely N-dealkylation sites (tertiary alicyclic amines) is 1. The van der Waals surface area contributed by atoms with E-state index >= 15 is 0 Å². The smallest absolute Gasteiger partial charge is 0.385 e. The van der Waals surface area contributed by atoms with Crippen molar-refractivity contribution >= 4 is 17.6 Å². The van der Waals surface area contributed by atoms with Crippen molar-refractivity contribution in [2.45, 2.75) is 49.5 Å². The molecule has 0 bridgehead atoms. The lowest BCUT2D eigenvalue weighted by Gasteiger charge is -2.48. The molecular weight excluding hydrogens is 508 g/mol. The van der Waals surface area contributed by atoms with Crippen molar-refractivity contribution in [1.29, 1.82) is 0 Å². The highest BCUT2D eigenvalue weighted by atomic mass is 19.4. The van der Waals surface area contributed by atoms with Crippen LogP contribution in [0.2, 0.25) is 0 Å². The lowest BCUT2D eigenvalue weighted by molar-refractivity contribution is -0.137. The van der Waals surface area contributed by atoms with Crippen LogP contribution in [0.3, 0.4) is 0 Å². The SMILES string of the molecule is O=C(CNC(=O)c1cccc(C(F)(F)F)c1)NC1CN([C@H]2CC[C@@](O)(c3ccc(C(=O)CF)nc3)CC2)C1. The van der Waals surface area contributed by atoms with Crippen LogP contribution in [0, 0.1) is 0 Å². The van der Waals surface area contributed by atoms with E-state index in [0.29, 0.717) is 31.5 Å². The fraction of sp³-hybridized carbons (Fsp3) is 0.462. The number of aliphatic hydroxyl groups is 1. The summed E-state index contributed by atoms with van der Waals surface area (Å²) >= 11 is 0. The number of rotatable bonds is 8. The minimum absolute atomic E-state index is 0.0254. The molecule has 2 heterocycles. The Morgan fingerprint density at radius 1 is 1.11 bits per heavy atom. The fourth-order valence-electron chi connectivity index (χ4n) is 4.92. The van der Waals surface area contributed by atoms with Gasteiger partial charge in [-0.15, -0.1) is 0 Å². The summed E-state index contributed by atoms with van der Waals surface area (Å²) in [6.07, 6.45) is -0.729. The second kappa shape index (κ2) is 11.2. The number of Topliss-reactive ketones (excluding diaryl/α,β-unsaturated/α-hetero) is 1. The van der Waals surface area contributed by atoms with Crippen molar-refractivity contribution in [3.8, 4) is 0 Å². The summed E-state index contributed by atoms with van der Waals surface area (Å²) in [6.45, 7) is -0.258. The predicted octanol–water partition coefficient (Wildman–Crippen LogP) is 2.61. The molecule has 1 aromatic heterocycles. The fourth-order valence-corrected chi connectivity index (χ4v) is 4.92. The molecule has 1 aliphatic heterocycles. The van der Waals surface area contributed by atoms with Crippen molar-refractivity contribution in [2.75, 3.05) is 26.3 Å². The Morgan fingerprint density at radius 3 is 2.42 bits per heavy atom. The molecule has 8 nitrogen and oxygen atoms in total. The maximum Gasteiger partial charge on any atom is 0.416 e. The summed E-state index contributed by atoms with van der Waals surface area (Å²) in [7, 11) is 0. The zero-order chi connectivity index (χ0) is 27.5. The van der Waals surface area contributed by atoms with Crippen LogP contribution in [-0.2, 0) is 16.6 Å². The molecule has 12 heteroatoms. The number of carbonyl (C=O) groups is 3. The Kier molecular flexibility index (Phi) is 8.12. The molecule has 2 amide bonds. The molecule has 204 valence electrons. The molecule has 1 aromatic carbocycles. The van der Waals surface area contributed by atoms with Crippen molar-refractivity contribution in [2.24, 2.45) is 0 Å². The number of hydrogen-bond donors (Lipinski definition) is 3. The minimum atomic E-state index is -4.57. The van der Waals surface area contributed by atoms with E-state index in [-0.39, 0.29) is 29.9 Å². The number of pyridine rings is 1. The third kappa shape index (κ3) is 6.36. The van der Waals surface area contributed by atoms with Gasteiger partial charge in [0.1, 0.15) is 5.69 Å². The number of halogens is 4. The summed E-state index contributed by atoms with van der Waals surface area (Å²) in [5.41, 5.74) is -1.58. The van der Waals surface area contributed by atoms with E-state index in [1.165, 1.54) is 18.3 Å². The molecule has 2 fully saturated rings. The summed E-state index contributed by atoms with van der Waals surface area (Å²) in [6, 6.07) is 7.13. The predicted molar refractivity (Wildman–Crippen MR) is 128 cm³/mol. The van der Waals surface area contributed by atoms with E-state index in [0.717, 1.165) is 31.0 Å². The highest BCUT2D eigenvalue weighted by Gasteiger charge is 2.40. The van der Waals surface area contributed by atoms with E-state index in [4.69, 9.17) is 0 Å². The molecule has 1 aliphatic carbocycles. The number of alkyl halides is 4. The number of nitrogens with one attached hydrogen (secondary N) is 2. The molecule has 3 N–H and O–H groups in total. The van der Waals surface area contributed by atoms with E-state index < -0.39 is 41.6 Å². The first kappa shape index (κ1) is 27.6. The Hall–Kier alpha value is -3.38. The number of benzene rings is 1. The minimum Gasteiger partial charge on any atom is -0.385 e. The summed E-state index contributed by atoms with van der Waals surface area (Å²) in [5, 5.41) is 16.2. The second-order valence-corrected chi connectivity index (χ2v) is 9.73.